The molecule has 0 bridgehead atoms. The first-order valence-corrected chi connectivity index (χ1v) is 8.94. The minimum atomic E-state index is -0.321. The average molecular weight is 369 g/mol. The van der Waals surface area contributed by atoms with Gasteiger partial charge in [-0.2, -0.15) is 5.10 Å². The monoisotopic (exact) mass is 369 g/mol. The number of nitrogens with zero attached hydrogens (tertiary/aromatic N) is 2. The number of pyridine rings is 1. The zero-order chi connectivity index (χ0) is 19.5. The highest BCUT2D eigenvalue weighted by molar-refractivity contribution is 6.05. The van der Waals surface area contributed by atoms with Crippen molar-refractivity contribution in [1.82, 2.24) is 4.57 Å². The van der Waals surface area contributed by atoms with Crippen molar-refractivity contribution < 1.29 is 5.11 Å². The standard InChI is InChI=1S/C23H19N3O2/c1-16(24-25-17-10-4-2-5-11-17)21-22(27)19-14-8-9-15-20(19)26(23(21)28)18-12-6-3-7-13-18/h2-15,25,27H,1H3/b24-16+. The van der Waals surface area contributed by atoms with Crippen molar-refractivity contribution in [2.24, 2.45) is 5.10 Å². The molecule has 4 aromatic rings. The van der Waals surface area contributed by atoms with E-state index in [1.54, 1.807) is 17.6 Å². The lowest BCUT2D eigenvalue weighted by Gasteiger charge is -2.15. The van der Waals surface area contributed by atoms with E-state index in [0.717, 1.165) is 11.4 Å². The van der Waals surface area contributed by atoms with Crippen LogP contribution in [0.4, 0.5) is 5.69 Å². The van der Waals surface area contributed by atoms with E-state index < -0.39 is 0 Å². The van der Waals surface area contributed by atoms with E-state index in [2.05, 4.69) is 10.5 Å². The highest BCUT2D eigenvalue weighted by Gasteiger charge is 2.19. The normalized spacial score (nSPS) is 11.5. The lowest BCUT2D eigenvalue weighted by Crippen LogP contribution is -2.25. The summed E-state index contributed by atoms with van der Waals surface area (Å²) >= 11 is 0. The number of hydrogen-bond donors (Lipinski definition) is 2. The van der Waals surface area contributed by atoms with Gasteiger partial charge in [0.15, 0.2) is 0 Å². The van der Waals surface area contributed by atoms with Gasteiger partial charge >= 0.3 is 0 Å². The Balaban J connectivity index is 1.93. The molecule has 4 rings (SSSR count). The molecule has 0 spiro atoms. The Hall–Kier alpha value is -3.86. The molecule has 2 N–H and O–H groups in total. The Kier molecular flexibility index (Phi) is 4.64. The van der Waals surface area contributed by atoms with Crippen LogP contribution in [0.15, 0.2) is 94.8 Å². The second-order valence-electron chi connectivity index (χ2n) is 6.39. The maximum absolute atomic E-state index is 13.4. The van der Waals surface area contributed by atoms with Gasteiger partial charge in [-0.3, -0.25) is 14.8 Å². The molecule has 0 saturated carbocycles. The number of nitrogens with one attached hydrogen (secondary N) is 1. The van der Waals surface area contributed by atoms with Gasteiger partial charge in [-0.1, -0.05) is 48.5 Å². The molecule has 0 aliphatic carbocycles. The first-order valence-electron chi connectivity index (χ1n) is 8.94. The number of para-hydroxylation sites is 3. The number of benzene rings is 3. The Morgan fingerprint density at radius 1 is 0.893 bits per heavy atom. The number of hydrazone groups is 1. The third kappa shape index (κ3) is 3.14. The quantitative estimate of drug-likeness (QED) is 0.410. The van der Waals surface area contributed by atoms with Gasteiger partial charge in [0.25, 0.3) is 5.56 Å². The van der Waals surface area contributed by atoms with Crippen LogP contribution in [0.5, 0.6) is 5.75 Å². The molecular formula is C23H19N3O2. The molecule has 5 heteroatoms. The summed E-state index contributed by atoms with van der Waals surface area (Å²) in [5, 5.41) is 15.8. The van der Waals surface area contributed by atoms with Crippen molar-refractivity contribution in [3.63, 3.8) is 0 Å². The topological polar surface area (TPSA) is 66.6 Å². The van der Waals surface area contributed by atoms with E-state index in [1.165, 1.54) is 0 Å². The summed E-state index contributed by atoms with van der Waals surface area (Å²) in [6.07, 6.45) is 0. The van der Waals surface area contributed by atoms with Gasteiger partial charge in [-0.25, -0.2) is 0 Å². The van der Waals surface area contributed by atoms with Crippen molar-refractivity contribution in [2.45, 2.75) is 6.92 Å². The van der Waals surface area contributed by atoms with Crippen molar-refractivity contribution >= 4 is 22.3 Å². The summed E-state index contributed by atoms with van der Waals surface area (Å²) in [4.78, 5) is 13.4. The summed E-state index contributed by atoms with van der Waals surface area (Å²) in [7, 11) is 0. The lowest BCUT2D eigenvalue weighted by molar-refractivity contribution is 0.478. The molecule has 1 aromatic heterocycles. The summed E-state index contributed by atoms with van der Waals surface area (Å²) < 4.78 is 1.60. The van der Waals surface area contributed by atoms with E-state index in [-0.39, 0.29) is 16.9 Å². The first-order chi connectivity index (χ1) is 13.7. The van der Waals surface area contributed by atoms with Crippen LogP contribution in [0.1, 0.15) is 12.5 Å². The van der Waals surface area contributed by atoms with Crippen LogP contribution in [0.2, 0.25) is 0 Å². The highest BCUT2D eigenvalue weighted by atomic mass is 16.3. The molecule has 5 nitrogen and oxygen atoms in total. The van der Waals surface area contributed by atoms with Gasteiger partial charge in [-0.15, -0.1) is 0 Å². The number of hydrogen-bond acceptors (Lipinski definition) is 4. The van der Waals surface area contributed by atoms with Crippen LogP contribution < -0.4 is 11.0 Å². The zero-order valence-electron chi connectivity index (χ0n) is 15.3. The zero-order valence-corrected chi connectivity index (χ0v) is 15.3. The third-order valence-corrected chi connectivity index (χ3v) is 4.56. The van der Waals surface area contributed by atoms with Crippen molar-refractivity contribution in [2.75, 3.05) is 5.43 Å². The Bertz CT molecular complexity index is 1210. The van der Waals surface area contributed by atoms with Crippen LogP contribution in [0, 0.1) is 0 Å². The molecule has 28 heavy (non-hydrogen) atoms. The molecule has 0 aliphatic rings. The Morgan fingerprint density at radius 3 is 2.21 bits per heavy atom. The van der Waals surface area contributed by atoms with Crippen molar-refractivity contribution in [3.8, 4) is 11.4 Å². The Morgan fingerprint density at radius 2 is 1.50 bits per heavy atom. The third-order valence-electron chi connectivity index (χ3n) is 4.56. The van der Waals surface area contributed by atoms with Gasteiger partial charge in [0.1, 0.15) is 11.3 Å². The number of aromatic hydroxyl groups is 1. The average Bonchev–Trinajstić information content (AvgIpc) is 2.74. The van der Waals surface area contributed by atoms with E-state index in [1.807, 2.05) is 78.9 Å². The maximum atomic E-state index is 13.4. The second-order valence-corrected chi connectivity index (χ2v) is 6.39. The summed E-state index contributed by atoms with van der Waals surface area (Å²) in [6, 6.07) is 26.1. The van der Waals surface area contributed by atoms with E-state index in [9.17, 15) is 9.90 Å². The largest absolute Gasteiger partial charge is 0.506 e. The smallest absolute Gasteiger partial charge is 0.268 e. The summed E-state index contributed by atoms with van der Waals surface area (Å²) in [5.74, 6) is -0.0658. The fourth-order valence-corrected chi connectivity index (χ4v) is 3.20. The maximum Gasteiger partial charge on any atom is 0.268 e. The van der Waals surface area contributed by atoms with Gasteiger partial charge in [0, 0.05) is 11.1 Å². The van der Waals surface area contributed by atoms with E-state index in [0.29, 0.717) is 16.6 Å². The number of aromatic nitrogens is 1. The fourth-order valence-electron chi connectivity index (χ4n) is 3.20. The minimum Gasteiger partial charge on any atom is -0.506 e. The molecule has 3 aromatic carbocycles. The fraction of sp³-hybridized carbons (Fsp3) is 0.0435. The SMILES string of the molecule is C/C(=N\Nc1ccccc1)c1c(O)c2ccccc2n(-c2ccccc2)c1=O. The molecule has 0 saturated heterocycles. The lowest BCUT2D eigenvalue weighted by atomic mass is 10.1. The van der Waals surface area contributed by atoms with Crippen LogP contribution in [0.25, 0.3) is 16.6 Å². The molecule has 0 unspecified atom stereocenters. The molecule has 0 aliphatic heterocycles. The van der Waals surface area contributed by atoms with Crippen LogP contribution in [-0.2, 0) is 0 Å². The highest BCUT2D eigenvalue weighted by Crippen LogP contribution is 2.28. The van der Waals surface area contributed by atoms with Crippen LogP contribution in [0.3, 0.4) is 0 Å². The molecular weight excluding hydrogens is 350 g/mol. The second kappa shape index (κ2) is 7.40. The van der Waals surface area contributed by atoms with Gasteiger partial charge in [0.2, 0.25) is 0 Å². The van der Waals surface area contributed by atoms with Crippen LogP contribution in [-0.4, -0.2) is 15.4 Å². The summed E-state index contributed by atoms with van der Waals surface area (Å²) in [6.45, 7) is 1.70. The number of rotatable bonds is 4. The first kappa shape index (κ1) is 17.5. The predicted octanol–water partition coefficient (Wildman–Crippen LogP) is 4.53. The molecule has 0 atom stereocenters. The van der Waals surface area contributed by atoms with E-state index >= 15 is 0 Å². The van der Waals surface area contributed by atoms with Gasteiger partial charge in [-0.05, 0) is 43.3 Å². The van der Waals surface area contributed by atoms with E-state index in [4.69, 9.17) is 0 Å². The molecule has 1 heterocycles. The van der Waals surface area contributed by atoms with Crippen LogP contribution >= 0.6 is 0 Å². The summed E-state index contributed by atoms with van der Waals surface area (Å²) in [5.41, 5.74) is 5.36. The number of fused-ring (bicyclic) bond motifs is 1. The number of anilines is 1. The molecule has 0 fully saturated rings. The van der Waals surface area contributed by atoms with Crippen molar-refractivity contribution in [1.29, 1.82) is 0 Å². The van der Waals surface area contributed by atoms with Crippen molar-refractivity contribution in [3.05, 3.63) is 101 Å². The Labute approximate surface area is 162 Å². The molecule has 0 radical (unpaired) electrons. The molecule has 138 valence electrons. The van der Waals surface area contributed by atoms with Gasteiger partial charge in [0.05, 0.1) is 16.9 Å². The predicted molar refractivity (Wildman–Crippen MR) is 113 cm³/mol. The molecule has 0 amide bonds. The minimum absolute atomic E-state index is 0.0658. The van der Waals surface area contributed by atoms with Gasteiger partial charge < -0.3 is 5.11 Å².